The van der Waals surface area contributed by atoms with Gasteiger partial charge in [0.1, 0.15) is 5.82 Å². The van der Waals surface area contributed by atoms with E-state index in [1.165, 1.54) is 6.07 Å². The van der Waals surface area contributed by atoms with Gasteiger partial charge in [-0.25, -0.2) is 4.39 Å². The molecule has 0 amide bonds. The minimum absolute atomic E-state index is 0.0809. The van der Waals surface area contributed by atoms with Gasteiger partial charge in [0, 0.05) is 6.07 Å². The van der Waals surface area contributed by atoms with E-state index in [9.17, 15) is 4.39 Å². The van der Waals surface area contributed by atoms with Crippen molar-refractivity contribution in [2.75, 3.05) is 13.2 Å². The van der Waals surface area contributed by atoms with Gasteiger partial charge in [-0.05, 0) is 37.8 Å². The van der Waals surface area contributed by atoms with Crippen molar-refractivity contribution < 1.29 is 13.9 Å². The summed E-state index contributed by atoms with van der Waals surface area (Å²) < 4.78 is 24.9. The molecule has 0 saturated heterocycles. The average molecular weight is 252 g/mol. The van der Waals surface area contributed by atoms with Gasteiger partial charge in [-0.3, -0.25) is 0 Å². The smallest absolute Gasteiger partial charge is 0.164 e. The van der Waals surface area contributed by atoms with Crippen LogP contribution in [0.2, 0.25) is 0 Å². The Morgan fingerprint density at radius 1 is 1.22 bits per heavy atom. The zero-order valence-corrected chi connectivity index (χ0v) is 11.3. The number of hydrogen-bond acceptors (Lipinski definition) is 2. The van der Waals surface area contributed by atoms with Gasteiger partial charge in [0.15, 0.2) is 11.5 Å². The van der Waals surface area contributed by atoms with Crippen molar-refractivity contribution in [1.29, 1.82) is 0 Å². The Labute approximate surface area is 108 Å². The fraction of sp³-hybridized carbons (Fsp3) is 0.467. The number of hydrogen-bond donors (Lipinski definition) is 0. The molecule has 0 spiro atoms. The lowest BCUT2D eigenvalue weighted by atomic mass is 9.97. The fourth-order valence-corrected chi connectivity index (χ4v) is 1.84. The lowest BCUT2D eigenvalue weighted by Gasteiger charge is -2.16. The van der Waals surface area contributed by atoms with Crippen LogP contribution in [0.1, 0.15) is 38.7 Å². The summed E-state index contributed by atoms with van der Waals surface area (Å²) in [5.74, 6) is 0.895. The van der Waals surface area contributed by atoms with E-state index in [-0.39, 0.29) is 11.7 Å². The highest BCUT2D eigenvalue weighted by molar-refractivity contribution is 5.45. The predicted molar refractivity (Wildman–Crippen MR) is 72.0 cm³/mol. The highest BCUT2D eigenvalue weighted by atomic mass is 19.1. The molecule has 2 nitrogen and oxygen atoms in total. The highest BCUT2D eigenvalue weighted by Crippen LogP contribution is 2.34. The first-order chi connectivity index (χ1) is 8.63. The molecule has 0 aliphatic carbocycles. The molecule has 0 saturated carbocycles. The van der Waals surface area contributed by atoms with E-state index in [2.05, 4.69) is 6.58 Å². The molecular formula is C15H21FO2. The maximum Gasteiger partial charge on any atom is 0.164 e. The van der Waals surface area contributed by atoms with Crippen molar-refractivity contribution in [1.82, 2.24) is 0 Å². The van der Waals surface area contributed by atoms with Gasteiger partial charge >= 0.3 is 0 Å². The molecule has 0 aliphatic rings. The maximum atomic E-state index is 14.0. The van der Waals surface area contributed by atoms with E-state index in [1.807, 2.05) is 20.8 Å². The highest BCUT2D eigenvalue weighted by Gasteiger charge is 2.15. The monoisotopic (exact) mass is 252 g/mol. The summed E-state index contributed by atoms with van der Waals surface area (Å²) in [6, 6.07) is 3.14. The Balaban J connectivity index is 3.12. The Kier molecular flexibility index (Phi) is 5.69. The van der Waals surface area contributed by atoms with Gasteiger partial charge in [0.2, 0.25) is 0 Å². The second-order valence-corrected chi connectivity index (χ2v) is 4.11. The van der Waals surface area contributed by atoms with Crippen molar-refractivity contribution in [3.05, 3.63) is 36.2 Å². The van der Waals surface area contributed by atoms with Crippen LogP contribution in [0.3, 0.4) is 0 Å². The Bertz CT molecular complexity index is 402. The van der Waals surface area contributed by atoms with Crippen molar-refractivity contribution in [2.24, 2.45) is 0 Å². The SMILES string of the molecule is C=CCC(C)c1cc(OCC)c(OCC)cc1F. The van der Waals surface area contributed by atoms with Crippen LogP contribution in [0, 0.1) is 5.82 Å². The molecule has 0 aliphatic heterocycles. The van der Waals surface area contributed by atoms with E-state index in [1.54, 1.807) is 12.1 Å². The molecule has 0 fully saturated rings. The Morgan fingerprint density at radius 2 is 1.78 bits per heavy atom. The van der Waals surface area contributed by atoms with Gasteiger partial charge in [0.05, 0.1) is 13.2 Å². The zero-order chi connectivity index (χ0) is 13.5. The summed E-state index contributed by atoms with van der Waals surface area (Å²) in [4.78, 5) is 0. The van der Waals surface area contributed by atoms with Crippen molar-refractivity contribution in [2.45, 2.75) is 33.1 Å². The fourth-order valence-electron chi connectivity index (χ4n) is 1.84. The van der Waals surface area contributed by atoms with E-state index < -0.39 is 0 Å². The normalized spacial score (nSPS) is 12.0. The molecule has 0 heterocycles. The van der Waals surface area contributed by atoms with Gasteiger partial charge in [-0.15, -0.1) is 6.58 Å². The summed E-state index contributed by atoms with van der Waals surface area (Å²) in [7, 11) is 0. The number of halogens is 1. The molecule has 1 aromatic carbocycles. The van der Waals surface area contributed by atoms with Crippen LogP contribution >= 0.6 is 0 Å². The van der Waals surface area contributed by atoms with Gasteiger partial charge in [0.25, 0.3) is 0 Å². The molecule has 100 valence electrons. The number of rotatable bonds is 7. The van der Waals surface area contributed by atoms with Crippen LogP contribution in [0.15, 0.2) is 24.8 Å². The van der Waals surface area contributed by atoms with Crippen LogP contribution in [0.4, 0.5) is 4.39 Å². The second-order valence-electron chi connectivity index (χ2n) is 4.11. The summed E-state index contributed by atoms with van der Waals surface area (Å²) in [6.45, 7) is 10.4. The van der Waals surface area contributed by atoms with Gasteiger partial charge in [-0.1, -0.05) is 13.0 Å². The van der Waals surface area contributed by atoms with Crippen LogP contribution in [-0.2, 0) is 0 Å². The van der Waals surface area contributed by atoms with E-state index in [0.29, 0.717) is 30.3 Å². The third-order valence-corrected chi connectivity index (χ3v) is 2.71. The molecule has 1 atom stereocenters. The summed E-state index contributed by atoms with van der Waals surface area (Å²) in [6.07, 6.45) is 2.53. The topological polar surface area (TPSA) is 18.5 Å². The van der Waals surface area contributed by atoms with Gasteiger partial charge < -0.3 is 9.47 Å². The molecule has 0 bridgehead atoms. The molecule has 1 aromatic rings. The van der Waals surface area contributed by atoms with Crippen LogP contribution in [-0.4, -0.2) is 13.2 Å². The van der Waals surface area contributed by atoms with Gasteiger partial charge in [-0.2, -0.15) is 0 Å². The molecule has 3 heteroatoms. The minimum Gasteiger partial charge on any atom is -0.490 e. The maximum absolute atomic E-state index is 14.0. The zero-order valence-electron chi connectivity index (χ0n) is 11.3. The third-order valence-electron chi connectivity index (χ3n) is 2.71. The minimum atomic E-state index is -0.253. The summed E-state index contributed by atoms with van der Waals surface area (Å²) >= 11 is 0. The first-order valence-corrected chi connectivity index (χ1v) is 6.33. The lowest BCUT2D eigenvalue weighted by Crippen LogP contribution is -2.03. The number of allylic oxidation sites excluding steroid dienone is 1. The quantitative estimate of drug-likeness (QED) is 0.673. The lowest BCUT2D eigenvalue weighted by molar-refractivity contribution is 0.285. The molecular weight excluding hydrogens is 231 g/mol. The van der Waals surface area contributed by atoms with Crippen molar-refractivity contribution in [3.8, 4) is 11.5 Å². The van der Waals surface area contributed by atoms with E-state index in [0.717, 1.165) is 6.42 Å². The van der Waals surface area contributed by atoms with E-state index >= 15 is 0 Å². The number of ether oxygens (including phenoxy) is 2. The number of benzene rings is 1. The Morgan fingerprint density at radius 3 is 2.28 bits per heavy atom. The van der Waals surface area contributed by atoms with Crippen LogP contribution < -0.4 is 9.47 Å². The first kappa shape index (κ1) is 14.6. The molecule has 1 unspecified atom stereocenters. The molecule has 18 heavy (non-hydrogen) atoms. The molecule has 1 rings (SSSR count). The van der Waals surface area contributed by atoms with Crippen molar-refractivity contribution >= 4 is 0 Å². The Hall–Kier alpha value is -1.51. The average Bonchev–Trinajstić information content (AvgIpc) is 2.33. The summed E-state index contributed by atoms with van der Waals surface area (Å²) in [5, 5.41) is 0. The van der Waals surface area contributed by atoms with Crippen molar-refractivity contribution in [3.63, 3.8) is 0 Å². The standard InChI is InChI=1S/C15H21FO2/c1-5-8-11(4)12-9-14(17-6-2)15(18-7-3)10-13(12)16/h5,9-11H,1,6-8H2,2-4H3. The second kappa shape index (κ2) is 7.04. The largest absolute Gasteiger partial charge is 0.490 e. The summed E-state index contributed by atoms with van der Waals surface area (Å²) in [5.41, 5.74) is 0.641. The first-order valence-electron chi connectivity index (χ1n) is 6.33. The molecule has 0 N–H and O–H groups in total. The van der Waals surface area contributed by atoms with Crippen LogP contribution in [0.25, 0.3) is 0 Å². The molecule has 0 radical (unpaired) electrons. The predicted octanol–water partition coefficient (Wildman–Crippen LogP) is 4.30. The third kappa shape index (κ3) is 3.49. The van der Waals surface area contributed by atoms with Crippen LogP contribution in [0.5, 0.6) is 11.5 Å². The van der Waals surface area contributed by atoms with E-state index in [4.69, 9.17) is 9.47 Å². The molecule has 0 aromatic heterocycles.